The van der Waals surface area contributed by atoms with Crippen molar-refractivity contribution in [3.05, 3.63) is 76.7 Å². The molecule has 4 rings (SSSR count). The van der Waals surface area contributed by atoms with Crippen LogP contribution in [-0.2, 0) is 15.7 Å². The molecule has 1 fully saturated rings. The van der Waals surface area contributed by atoms with E-state index in [1.807, 2.05) is 9.80 Å². The van der Waals surface area contributed by atoms with Crippen LogP contribution in [0, 0.1) is 5.82 Å². The van der Waals surface area contributed by atoms with E-state index in [2.05, 4.69) is 5.32 Å². The summed E-state index contributed by atoms with van der Waals surface area (Å²) >= 11 is 0. The van der Waals surface area contributed by atoms with Crippen LogP contribution in [0.25, 0.3) is 0 Å². The van der Waals surface area contributed by atoms with Gasteiger partial charge in [-0.1, -0.05) is 30.3 Å². The molecule has 0 radical (unpaired) electrons. The minimum absolute atomic E-state index is 0.0161. The van der Waals surface area contributed by atoms with E-state index in [1.165, 1.54) is 36.2 Å². The summed E-state index contributed by atoms with van der Waals surface area (Å²) in [5.41, 5.74) is -0.460. The quantitative estimate of drug-likeness (QED) is 0.458. The summed E-state index contributed by atoms with van der Waals surface area (Å²) in [5, 5.41) is 2.55. The number of piperazine rings is 1. The molecule has 11 heteroatoms. The number of hydrogen-bond donors (Lipinski definition) is 1. The number of amides is 2. The first-order valence-electron chi connectivity index (χ1n) is 11.9. The molecule has 7 nitrogen and oxygen atoms in total. The van der Waals surface area contributed by atoms with Gasteiger partial charge < -0.3 is 15.0 Å². The first-order chi connectivity index (χ1) is 17.6. The van der Waals surface area contributed by atoms with E-state index < -0.39 is 29.8 Å². The summed E-state index contributed by atoms with van der Waals surface area (Å²) in [5.74, 6) is -1.12. The average molecular weight is 521 g/mol. The lowest BCUT2D eigenvalue weighted by Gasteiger charge is -2.40. The number of nitrogens with zero attached hydrogens (tertiary/aromatic N) is 3. The minimum atomic E-state index is -4.69. The van der Waals surface area contributed by atoms with Crippen LogP contribution in [0.2, 0.25) is 0 Å². The number of alkyl halides is 3. The summed E-state index contributed by atoms with van der Waals surface area (Å²) in [6.07, 6.45) is -4.69. The molecule has 2 aliphatic rings. The molecule has 2 amide bonds. The second-order valence-electron chi connectivity index (χ2n) is 8.82. The molecule has 2 aliphatic heterocycles. The molecule has 37 heavy (non-hydrogen) atoms. The molecule has 0 aromatic heterocycles. The Morgan fingerprint density at radius 3 is 2.35 bits per heavy atom. The van der Waals surface area contributed by atoms with Crippen LogP contribution in [0.3, 0.4) is 0 Å². The lowest BCUT2D eigenvalue weighted by molar-refractivity contribution is -0.141. The van der Waals surface area contributed by atoms with Gasteiger partial charge in [0.25, 0.3) is 0 Å². The van der Waals surface area contributed by atoms with Crippen LogP contribution >= 0.6 is 0 Å². The predicted octanol–water partition coefficient (Wildman–Crippen LogP) is 4.18. The van der Waals surface area contributed by atoms with Crippen molar-refractivity contribution in [3.63, 3.8) is 0 Å². The highest BCUT2D eigenvalue weighted by atomic mass is 19.4. The largest absolute Gasteiger partial charge is 0.463 e. The fourth-order valence-corrected chi connectivity index (χ4v) is 4.71. The highest BCUT2D eigenvalue weighted by molar-refractivity contribution is 5.95. The van der Waals surface area contributed by atoms with Crippen molar-refractivity contribution in [2.45, 2.75) is 19.1 Å². The average Bonchev–Trinajstić information content (AvgIpc) is 2.87. The van der Waals surface area contributed by atoms with Crippen molar-refractivity contribution in [2.24, 2.45) is 0 Å². The van der Waals surface area contributed by atoms with E-state index in [-0.39, 0.29) is 35.8 Å². The first kappa shape index (κ1) is 26.5. The number of nitrogens with one attached hydrogen (secondary N) is 1. The predicted molar refractivity (Wildman–Crippen MR) is 129 cm³/mol. The van der Waals surface area contributed by atoms with Gasteiger partial charge in [0.05, 0.1) is 29.5 Å². The van der Waals surface area contributed by atoms with Crippen molar-refractivity contribution in [1.29, 1.82) is 0 Å². The molecular weight excluding hydrogens is 492 g/mol. The zero-order chi connectivity index (χ0) is 26.7. The van der Waals surface area contributed by atoms with E-state index in [0.717, 1.165) is 6.07 Å². The van der Waals surface area contributed by atoms with Gasteiger partial charge in [0.15, 0.2) is 0 Å². The Morgan fingerprint density at radius 2 is 1.70 bits per heavy atom. The maximum absolute atomic E-state index is 14.2. The van der Waals surface area contributed by atoms with Crippen molar-refractivity contribution in [3.8, 4) is 0 Å². The second kappa shape index (κ2) is 10.8. The van der Waals surface area contributed by atoms with Gasteiger partial charge >= 0.3 is 18.2 Å². The molecule has 2 aromatic carbocycles. The first-order valence-corrected chi connectivity index (χ1v) is 11.9. The van der Waals surface area contributed by atoms with Gasteiger partial charge in [-0.15, -0.1) is 0 Å². The zero-order valence-corrected chi connectivity index (χ0v) is 20.5. The Hall–Kier alpha value is -3.60. The minimum Gasteiger partial charge on any atom is -0.463 e. The highest BCUT2D eigenvalue weighted by Gasteiger charge is 2.42. The summed E-state index contributed by atoms with van der Waals surface area (Å²) < 4.78 is 61.0. The van der Waals surface area contributed by atoms with Crippen LogP contribution in [-0.4, -0.2) is 68.2 Å². The number of urea groups is 1. The topological polar surface area (TPSA) is 65.1 Å². The number of likely N-dealkylation sites (N-methyl/N-ethyl adjacent to an activating group) is 1. The maximum Gasteiger partial charge on any atom is 0.416 e. The smallest absolute Gasteiger partial charge is 0.416 e. The zero-order valence-electron chi connectivity index (χ0n) is 20.5. The number of halogens is 4. The molecule has 1 unspecified atom stereocenters. The standard InChI is InChI=1S/C26H28F4N4O3/c1-3-37-24(35)22-21(16-33-12-14-34(15-13-33)20-11-7-6-10-19(20)27)32(2)25(36)31-23(22)17-8-4-5-9-18(17)26(28,29)30/h4-11,23H,3,12-16H2,1-2H3,(H,31,36). The summed E-state index contributed by atoms with van der Waals surface area (Å²) in [6, 6.07) is 9.37. The van der Waals surface area contributed by atoms with Crippen LogP contribution in [0.5, 0.6) is 0 Å². The van der Waals surface area contributed by atoms with E-state index in [1.54, 1.807) is 25.1 Å². The van der Waals surface area contributed by atoms with Crippen molar-refractivity contribution in [1.82, 2.24) is 15.1 Å². The van der Waals surface area contributed by atoms with Gasteiger partial charge in [0.1, 0.15) is 5.82 Å². The Kier molecular flexibility index (Phi) is 7.72. The van der Waals surface area contributed by atoms with Crippen LogP contribution in [0.4, 0.5) is 28.0 Å². The number of ether oxygens (including phenoxy) is 1. The van der Waals surface area contributed by atoms with Crippen LogP contribution in [0.1, 0.15) is 24.1 Å². The number of para-hydroxylation sites is 1. The summed E-state index contributed by atoms with van der Waals surface area (Å²) in [7, 11) is 1.46. The molecule has 1 saturated heterocycles. The molecule has 2 heterocycles. The molecule has 0 saturated carbocycles. The van der Waals surface area contributed by atoms with Crippen LogP contribution in [0.15, 0.2) is 59.8 Å². The Morgan fingerprint density at radius 1 is 1.05 bits per heavy atom. The SMILES string of the molecule is CCOC(=O)C1=C(CN2CCN(c3ccccc3F)CC2)N(C)C(=O)NC1c1ccccc1C(F)(F)F. The number of hydrogen-bond acceptors (Lipinski definition) is 5. The third-order valence-corrected chi connectivity index (χ3v) is 6.59. The number of carbonyl (C=O) groups excluding carboxylic acids is 2. The van der Waals surface area contributed by atoms with Gasteiger partial charge in [0, 0.05) is 45.5 Å². The Labute approximate surface area is 212 Å². The summed E-state index contributed by atoms with van der Waals surface area (Å²) in [4.78, 5) is 31.1. The van der Waals surface area contributed by atoms with Gasteiger partial charge in [0.2, 0.25) is 0 Å². The van der Waals surface area contributed by atoms with Gasteiger partial charge in [-0.3, -0.25) is 9.80 Å². The fraction of sp³-hybridized carbons (Fsp3) is 0.385. The van der Waals surface area contributed by atoms with E-state index in [9.17, 15) is 27.2 Å². The fourth-order valence-electron chi connectivity index (χ4n) is 4.71. The lowest BCUT2D eigenvalue weighted by atomic mass is 9.90. The van der Waals surface area contributed by atoms with Crippen LogP contribution < -0.4 is 10.2 Å². The number of esters is 1. The monoisotopic (exact) mass is 520 g/mol. The molecular formula is C26H28F4N4O3. The van der Waals surface area contributed by atoms with Gasteiger partial charge in [-0.25, -0.2) is 14.0 Å². The third-order valence-electron chi connectivity index (χ3n) is 6.59. The Balaban J connectivity index is 1.67. The molecule has 198 valence electrons. The van der Waals surface area contributed by atoms with E-state index >= 15 is 0 Å². The normalized spacial score (nSPS) is 19.2. The lowest BCUT2D eigenvalue weighted by Crippen LogP contribution is -2.52. The third kappa shape index (κ3) is 5.56. The molecule has 1 atom stereocenters. The number of carbonyl (C=O) groups is 2. The number of rotatable bonds is 6. The van der Waals surface area contributed by atoms with Crippen molar-refractivity contribution < 1.29 is 31.9 Å². The molecule has 0 aliphatic carbocycles. The van der Waals surface area contributed by atoms with Gasteiger partial charge in [-0.05, 0) is 30.7 Å². The number of anilines is 1. The molecule has 2 aromatic rings. The molecule has 0 bridgehead atoms. The number of benzene rings is 2. The van der Waals surface area contributed by atoms with E-state index in [0.29, 0.717) is 31.9 Å². The maximum atomic E-state index is 14.2. The second-order valence-corrected chi connectivity index (χ2v) is 8.82. The Bertz CT molecular complexity index is 1190. The summed E-state index contributed by atoms with van der Waals surface area (Å²) in [6.45, 7) is 3.73. The molecule has 0 spiro atoms. The highest BCUT2D eigenvalue weighted by Crippen LogP contribution is 2.39. The van der Waals surface area contributed by atoms with Crippen molar-refractivity contribution >= 4 is 17.7 Å². The van der Waals surface area contributed by atoms with E-state index in [4.69, 9.17) is 4.74 Å². The van der Waals surface area contributed by atoms with Crippen molar-refractivity contribution in [2.75, 3.05) is 51.3 Å². The molecule has 1 N–H and O–H groups in total. The van der Waals surface area contributed by atoms with Gasteiger partial charge in [-0.2, -0.15) is 13.2 Å².